The molecule has 32 heavy (non-hydrogen) atoms. The lowest BCUT2D eigenvalue weighted by Gasteiger charge is -2.30. The SMILES string of the molecule is O=C(c1cccc([N+](=O)[O-])c1)N(Cc1ccccc1)N1C(=O)[C@@H]2C[C@@H](Br)[C@@H](Br)C[C@H]2C1=O. The molecular weight excluding hydrogens is 546 g/mol. The highest BCUT2D eigenvalue weighted by atomic mass is 79.9. The number of hydrazine groups is 1. The Balaban J connectivity index is 1.72. The molecule has 166 valence electrons. The minimum atomic E-state index is -0.649. The number of hydrogen-bond donors (Lipinski definition) is 0. The molecule has 0 unspecified atom stereocenters. The molecule has 2 aliphatic rings. The highest BCUT2D eigenvalue weighted by Crippen LogP contribution is 2.44. The van der Waals surface area contributed by atoms with Gasteiger partial charge < -0.3 is 0 Å². The largest absolute Gasteiger partial charge is 0.273 e. The van der Waals surface area contributed by atoms with Crippen molar-refractivity contribution in [3.05, 3.63) is 75.8 Å². The predicted octanol–water partition coefficient (Wildman–Crippen LogP) is 4.07. The average molecular weight is 565 g/mol. The van der Waals surface area contributed by atoms with Crippen LogP contribution in [0.3, 0.4) is 0 Å². The standard InChI is InChI=1S/C22H19Br2N3O5/c23-18-10-16-17(11-19(18)24)22(30)26(21(16)29)25(12-13-5-2-1-3-6-13)20(28)14-7-4-8-15(9-14)27(31)32/h1-9,16-19H,10-12H2/t16-,17-,18-,19+/m1/s1. The summed E-state index contributed by atoms with van der Waals surface area (Å²) in [6.45, 7) is -0.0191. The van der Waals surface area contributed by atoms with E-state index in [9.17, 15) is 24.5 Å². The van der Waals surface area contributed by atoms with Crippen molar-refractivity contribution in [2.75, 3.05) is 0 Å². The van der Waals surface area contributed by atoms with E-state index in [2.05, 4.69) is 31.9 Å². The first-order valence-electron chi connectivity index (χ1n) is 10.0. The lowest BCUT2D eigenvalue weighted by Crippen LogP contribution is -2.49. The summed E-state index contributed by atoms with van der Waals surface area (Å²) >= 11 is 7.12. The average Bonchev–Trinajstić information content (AvgIpc) is 3.02. The van der Waals surface area contributed by atoms with Crippen molar-refractivity contribution in [3.8, 4) is 0 Å². The summed E-state index contributed by atoms with van der Waals surface area (Å²) in [5.74, 6) is -2.52. The number of carbonyl (C=O) groups excluding carboxylic acids is 3. The normalized spacial score (nSPS) is 24.9. The Bertz CT molecular complexity index is 1050. The molecule has 0 radical (unpaired) electrons. The fourth-order valence-electron chi connectivity index (χ4n) is 4.21. The van der Waals surface area contributed by atoms with Gasteiger partial charge in [-0.15, -0.1) is 0 Å². The van der Waals surface area contributed by atoms with Crippen molar-refractivity contribution >= 4 is 55.3 Å². The third kappa shape index (κ3) is 4.21. The van der Waals surface area contributed by atoms with E-state index in [4.69, 9.17) is 0 Å². The van der Waals surface area contributed by atoms with Gasteiger partial charge >= 0.3 is 0 Å². The van der Waals surface area contributed by atoms with Gasteiger partial charge in [0.1, 0.15) is 0 Å². The van der Waals surface area contributed by atoms with Crippen LogP contribution in [0.5, 0.6) is 0 Å². The Morgan fingerprint density at radius 2 is 1.59 bits per heavy atom. The van der Waals surface area contributed by atoms with Gasteiger partial charge in [-0.1, -0.05) is 68.3 Å². The molecule has 4 rings (SSSR count). The zero-order valence-corrected chi connectivity index (χ0v) is 19.9. The molecule has 8 nitrogen and oxygen atoms in total. The number of alkyl halides is 2. The smallest absolute Gasteiger partial charge is 0.272 e. The van der Waals surface area contributed by atoms with E-state index in [0.29, 0.717) is 12.8 Å². The van der Waals surface area contributed by atoms with Crippen LogP contribution in [0.15, 0.2) is 54.6 Å². The number of amides is 3. The van der Waals surface area contributed by atoms with Gasteiger partial charge in [0.2, 0.25) is 0 Å². The molecule has 10 heteroatoms. The predicted molar refractivity (Wildman–Crippen MR) is 123 cm³/mol. The van der Waals surface area contributed by atoms with Crippen molar-refractivity contribution in [2.45, 2.75) is 29.0 Å². The van der Waals surface area contributed by atoms with E-state index in [1.165, 1.54) is 18.2 Å². The van der Waals surface area contributed by atoms with Crippen molar-refractivity contribution in [2.24, 2.45) is 11.8 Å². The highest BCUT2D eigenvalue weighted by molar-refractivity contribution is 9.12. The third-order valence-electron chi connectivity index (χ3n) is 5.84. The Morgan fingerprint density at radius 3 is 2.16 bits per heavy atom. The number of imide groups is 1. The number of benzene rings is 2. The number of nitro groups is 1. The van der Waals surface area contributed by atoms with Gasteiger partial charge in [-0.2, -0.15) is 5.01 Å². The van der Waals surface area contributed by atoms with Crippen molar-refractivity contribution in [1.82, 2.24) is 10.0 Å². The van der Waals surface area contributed by atoms with Gasteiger partial charge in [-0.25, -0.2) is 5.01 Å². The van der Waals surface area contributed by atoms with E-state index >= 15 is 0 Å². The van der Waals surface area contributed by atoms with Crippen LogP contribution in [-0.4, -0.2) is 42.3 Å². The summed E-state index contributed by atoms with van der Waals surface area (Å²) in [4.78, 5) is 50.8. The van der Waals surface area contributed by atoms with Crippen LogP contribution >= 0.6 is 31.9 Å². The van der Waals surface area contributed by atoms with Gasteiger partial charge in [0, 0.05) is 27.4 Å². The molecule has 1 saturated heterocycles. The number of non-ortho nitro benzene ring substituents is 1. The van der Waals surface area contributed by atoms with Crippen LogP contribution in [0.25, 0.3) is 0 Å². The number of fused-ring (bicyclic) bond motifs is 1. The number of carbonyl (C=O) groups is 3. The highest BCUT2D eigenvalue weighted by Gasteiger charge is 2.54. The Kier molecular flexibility index (Phi) is 6.43. The maximum absolute atomic E-state index is 13.5. The van der Waals surface area contributed by atoms with Gasteiger partial charge in [0.05, 0.1) is 23.3 Å². The van der Waals surface area contributed by atoms with Crippen LogP contribution in [0, 0.1) is 22.0 Å². The number of halogens is 2. The van der Waals surface area contributed by atoms with E-state index < -0.39 is 34.5 Å². The van der Waals surface area contributed by atoms with Gasteiger partial charge in [0.15, 0.2) is 0 Å². The second kappa shape index (κ2) is 9.11. The van der Waals surface area contributed by atoms with Crippen LogP contribution in [-0.2, 0) is 16.1 Å². The Labute approximate surface area is 200 Å². The zero-order valence-electron chi connectivity index (χ0n) is 16.8. The molecule has 1 saturated carbocycles. The summed E-state index contributed by atoms with van der Waals surface area (Å²) in [6, 6.07) is 14.3. The number of nitrogens with zero attached hydrogens (tertiary/aromatic N) is 3. The molecule has 3 amide bonds. The molecule has 1 aliphatic heterocycles. The monoisotopic (exact) mass is 563 g/mol. The van der Waals surface area contributed by atoms with Gasteiger partial charge in [-0.3, -0.25) is 24.5 Å². The quantitative estimate of drug-likeness (QED) is 0.236. The number of hydrogen-bond acceptors (Lipinski definition) is 5. The first-order chi connectivity index (χ1) is 15.3. The minimum Gasteiger partial charge on any atom is -0.272 e. The maximum Gasteiger partial charge on any atom is 0.273 e. The lowest BCUT2D eigenvalue weighted by molar-refractivity contribution is -0.384. The maximum atomic E-state index is 13.5. The van der Waals surface area contributed by atoms with Crippen LogP contribution < -0.4 is 0 Å². The fraction of sp³-hybridized carbons (Fsp3) is 0.318. The summed E-state index contributed by atoms with van der Waals surface area (Å²) < 4.78 is 0. The molecule has 2 aromatic carbocycles. The van der Waals surface area contributed by atoms with Crippen molar-refractivity contribution in [3.63, 3.8) is 0 Å². The zero-order chi connectivity index (χ0) is 23.0. The van der Waals surface area contributed by atoms with Gasteiger partial charge in [0.25, 0.3) is 23.4 Å². The summed E-state index contributed by atoms with van der Waals surface area (Å²) in [5.41, 5.74) is 0.508. The van der Waals surface area contributed by atoms with E-state index in [1.54, 1.807) is 24.3 Å². The molecule has 1 aliphatic carbocycles. The first-order valence-corrected chi connectivity index (χ1v) is 11.9. The van der Waals surface area contributed by atoms with Crippen LogP contribution in [0.1, 0.15) is 28.8 Å². The fourth-order valence-corrected chi connectivity index (χ4v) is 5.44. The molecule has 2 fully saturated rings. The summed E-state index contributed by atoms with van der Waals surface area (Å²) in [7, 11) is 0. The number of rotatable bonds is 5. The molecule has 1 heterocycles. The molecule has 4 atom stereocenters. The molecule has 0 aromatic heterocycles. The second-order valence-electron chi connectivity index (χ2n) is 7.86. The lowest BCUT2D eigenvalue weighted by atomic mass is 9.81. The van der Waals surface area contributed by atoms with Crippen molar-refractivity contribution in [1.29, 1.82) is 0 Å². The molecule has 0 spiro atoms. The topological polar surface area (TPSA) is 101 Å². The first kappa shape index (κ1) is 22.6. The Morgan fingerprint density at radius 1 is 1.00 bits per heavy atom. The van der Waals surface area contributed by atoms with E-state index in [1.807, 2.05) is 6.07 Å². The van der Waals surface area contributed by atoms with Crippen LogP contribution in [0.2, 0.25) is 0 Å². The molecular formula is C22H19Br2N3O5. The third-order valence-corrected chi connectivity index (χ3v) is 8.58. The summed E-state index contributed by atoms with van der Waals surface area (Å²) in [6.07, 6.45) is 0.956. The van der Waals surface area contributed by atoms with Crippen molar-refractivity contribution < 1.29 is 19.3 Å². The molecule has 0 N–H and O–H groups in total. The molecule has 2 aromatic rings. The van der Waals surface area contributed by atoms with E-state index in [-0.39, 0.29) is 27.4 Å². The van der Waals surface area contributed by atoms with Crippen LogP contribution in [0.4, 0.5) is 5.69 Å². The molecule has 0 bridgehead atoms. The van der Waals surface area contributed by atoms with E-state index in [0.717, 1.165) is 21.6 Å². The van der Waals surface area contributed by atoms with Gasteiger partial charge in [-0.05, 0) is 24.5 Å². The number of nitro benzene ring substituents is 1. The minimum absolute atomic E-state index is 0.0191. The summed E-state index contributed by atoms with van der Waals surface area (Å²) in [5, 5.41) is 13.2. The second-order valence-corrected chi connectivity index (χ2v) is 10.2. The Hall–Kier alpha value is -2.59.